The van der Waals surface area contributed by atoms with Crippen molar-refractivity contribution in [2.45, 2.75) is 6.92 Å². The third kappa shape index (κ3) is 3.27. The summed E-state index contributed by atoms with van der Waals surface area (Å²) in [4.78, 5) is 12.2. The van der Waals surface area contributed by atoms with Gasteiger partial charge in [0.1, 0.15) is 11.6 Å². The van der Waals surface area contributed by atoms with Gasteiger partial charge < -0.3 is 9.73 Å². The van der Waals surface area contributed by atoms with Crippen LogP contribution >= 0.6 is 11.6 Å². The van der Waals surface area contributed by atoms with Crippen LogP contribution < -0.4 is 5.32 Å². The summed E-state index contributed by atoms with van der Waals surface area (Å²) in [5.41, 5.74) is 1.79. The SMILES string of the molecule is Cc1ccc(NC(=O)c2ccc(-c3ccccc3F)o2)c(Cl)c1. The molecular formula is C18H13ClFNO2. The van der Waals surface area contributed by atoms with Crippen LogP contribution in [0.3, 0.4) is 0 Å². The Morgan fingerprint density at radius 3 is 2.65 bits per heavy atom. The summed E-state index contributed by atoms with van der Waals surface area (Å²) in [6.45, 7) is 1.91. The largest absolute Gasteiger partial charge is 0.451 e. The maximum atomic E-state index is 13.7. The van der Waals surface area contributed by atoms with Gasteiger partial charge in [0.05, 0.1) is 16.3 Å². The number of halogens is 2. The van der Waals surface area contributed by atoms with Crippen molar-refractivity contribution in [2.24, 2.45) is 0 Å². The summed E-state index contributed by atoms with van der Waals surface area (Å²) in [6.07, 6.45) is 0. The van der Waals surface area contributed by atoms with Crippen LogP contribution in [0.2, 0.25) is 5.02 Å². The zero-order valence-corrected chi connectivity index (χ0v) is 13.0. The Morgan fingerprint density at radius 1 is 1.13 bits per heavy atom. The van der Waals surface area contributed by atoms with Gasteiger partial charge in [-0.2, -0.15) is 0 Å². The van der Waals surface area contributed by atoms with Crippen molar-refractivity contribution in [1.82, 2.24) is 0 Å². The molecule has 23 heavy (non-hydrogen) atoms. The Bertz CT molecular complexity index is 873. The van der Waals surface area contributed by atoms with E-state index in [-0.39, 0.29) is 5.76 Å². The van der Waals surface area contributed by atoms with Crippen molar-refractivity contribution < 1.29 is 13.6 Å². The van der Waals surface area contributed by atoms with Gasteiger partial charge in [0, 0.05) is 0 Å². The van der Waals surface area contributed by atoms with Crippen LogP contribution in [0.4, 0.5) is 10.1 Å². The Morgan fingerprint density at radius 2 is 1.91 bits per heavy atom. The first-order valence-corrected chi connectivity index (χ1v) is 7.34. The average molecular weight is 330 g/mol. The Hall–Kier alpha value is -2.59. The van der Waals surface area contributed by atoms with Gasteiger partial charge in [-0.15, -0.1) is 0 Å². The number of aryl methyl sites for hydroxylation is 1. The fourth-order valence-corrected chi connectivity index (χ4v) is 2.45. The minimum Gasteiger partial charge on any atom is -0.451 e. The van der Waals surface area contributed by atoms with E-state index in [1.54, 1.807) is 36.4 Å². The van der Waals surface area contributed by atoms with Crippen molar-refractivity contribution >= 4 is 23.2 Å². The maximum Gasteiger partial charge on any atom is 0.291 e. The number of carbonyl (C=O) groups is 1. The average Bonchev–Trinajstić information content (AvgIpc) is 3.00. The molecule has 1 aromatic heterocycles. The molecule has 116 valence electrons. The first-order chi connectivity index (χ1) is 11.0. The van der Waals surface area contributed by atoms with Crippen molar-refractivity contribution in [3.8, 4) is 11.3 Å². The second-order valence-corrected chi connectivity index (χ2v) is 5.49. The molecule has 0 aliphatic rings. The van der Waals surface area contributed by atoms with Gasteiger partial charge in [-0.1, -0.05) is 29.8 Å². The number of rotatable bonds is 3. The summed E-state index contributed by atoms with van der Waals surface area (Å²) in [7, 11) is 0. The van der Waals surface area contributed by atoms with Crippen LogP contribution in [0.15, 0.2) is 59.0 Å². The molecule has 0 radical (unpaired) electrons. The fourth-order valence-electron chi connectivity index (χ4n) is 2.17. The normalized spacial score (nSPS) is 10.6. The van der Waals surface area contributed by atoms with Crippen molar-refractivity contribution in [2.75, 3.05) is 5.32 Å². The standard InChI is InChI=1S/C18H13ClFNO2/c1-11-6-7-15(13(19)10-11)21-18(22)17-9-8-16(23-17)12-4-2-3-5-14(12)20/h2-10H,1H3,(H,21,22). The molecule has 3 aromatic rings. The van der Waals surface area contributed by atoms with Crippen molar-refractivity contribution in [3.63, 3.8) is 0 Å². The molecule has 3 rings (SSSR count). The molecule has 0 unspecified atom stereocenters. The van der Waals surface area contributed by atoms with Crippen LogP contribution in [0, 0.1) is 12.7 Å². The summed E-state index contributed by atoms with van der Waals surface area (Å²) in [5.74, 6) is -0.475. The fraction of sp³-hybridized carbons (Fsp3) is 0.0556. The highest BCUT2D eigenvalue weighted by molar-refractivity contribution is 6.34. The van der Waals surface area contributed by atoms with Gasteiger partial charge in [0.2, 0.25) is 0 Å². The van der Waals surface area contributed by atoms with E-state index >= 15 is 0 Å². The van der Waals surface area contributed by atoms with E-state index in [4.69, 9.17) is 16.0 Å². The predicted octanol–water partition coefficient (Wildman–Crippen LogP) is 5.30. The second kappa shape index (κ2) is 6.26. The highest BCUT2D eigenvalue weighted by Crippen LogP contribution is 2.27. The van der Waals surface area contributed by atoms with E-state index < -0.39 is 11.7 Å². The van der Waals surface area contributed by atoms with Crippen molar-refractivity contribution in [1.29, 1.82) is 0 Å². The van der Waals surface area contributed by atoms with E-state index in [1.807, 2.05) is 13.0 Å². The summed E-state index contributed by atoms with van der Waals surface area (Å²) in [5, 5.41) is 3.12. The zero-order valence-electron chi connectivity index (χ0n) is 12.3. The topological polar surface area (TPSA) is 42.2 Å². The Labute approximate surface area is 137 Å². The first kappa shape index (κ1) is 15.3. The molecule has 0 fully saturated rings. The van der Waals surface area contributed by atoms with E-state index in [0.717, 1.165) is 5.56 Å². The molecule has 0 saturated heterocycles. The number of hydrogen-bond donors (Lipinski definition) is 1. The molecule has 0 aliphatic heterocycles. The molecule has 0 bridgehead atoms. The van der Waals surface area contributed by atoms with Gasteiger partial charge in [0.25, 0.3) is 5.91 Å². The molecule has 3 nitrogen and oxygen atoms in total. The molecule has 1 N–H and O–H groups in total. The van der Waals surface area contributed by atoms with Crippen LogP contribution in [0.1, 0.15) is 16.1 Å². The molecule has 2 aromatic carbocycles. The van der Waals surface area contributed by atoms with Crippen LogP contribution in [-0.2, 0) is 0 Å². The molecule has 0 spiro atoms. The summed E-state index contributed by atoms with van der Waals surface area (Å²) in [6, 6.07) is 14.6. The molecule has 1 amide bonds. The molecule has 0 saturated carbocycles. The number of benzene rings is 2. The number of nitrogens with one attached hydrogen (secondary N) is 1. The Kier molecular flexibility index (Phi) is 4.17. The van der Waals surface area contributed by atoms with Gasteiger partial charge in [-0.3, -0.25) is 4.79 Å². The minimum absolute atomic E-state index is 0.0832. The number of amides is 1. The van der Waals surface area contributed by atoms with E-state index in [0.29, 0.717) is 22.0 Å². The maximum absolute atomic E-state index is 13.7. The molecule has 5 heteroatoms. The van der Waals surface area contributed by atoms with E-state index in [2.05, 4.69) is 5.32 Å². The predicted molar refractivity (Wildman–Crippen MR) is 88.2 cm³/mol. The number of anilines is 1. The highest BCUT2D eigenvalue weighted by Gasteiger charge is 2.15. The van der Waals surface area contributed by atoms with E-state index in [9.17, 15) is 9.18 Å². The number of furan rings is 1. The molecule has 0 atom stereocenters. The van der Waals surface area contributed by atoms with E-state index in [1.165, 1.54) is 12.1 Å². The number of hydrogen-bond acceptors (Lipinski definition) is 2. The van der Waals surface area contributed by atoms with Crippen molar-refractivity contribution in [3.05, 3.63) is 76.8 Å². The summed E-state index contributed by atoms with van der Waals surface area (Å²) >= 11 is 6.09. The first-order valence-electron chi connectivity index (χ1n) is 6.97. The monoisotopic (exact) mass is 329 g/mol. The lowest BCUT2D eigenvalue weighted by molar-refractivity contribution is 0.0997. The zero-order chi connectivity index (χ0) is 16.4. The third-order valence-electron chi connectivity index (χ3n) is 3.34. The molecule has 1 heterocycles. The van der Waals surface area contributed by atoms with Crippen LogP contribution in [0.5, 0.6) is 0 Å². The van der Waals surface area contributed by atoms with Gasteiger partial charge >= 0.3 is 0 Å². The second-order valence-electron chi connectivity index (χ2n) is 5.08. The Balaban J connectivity index is 1.83. The van der Waals surface area contributed by atoms with Gasteiger partial charge in [-0.25, -0.2) is 4.39 Å². The lowest BCUT2D eigenvalue weighted by Crippen LogP contribution is -2.11. The smallest absolute Gasteiger partial charge is 0.291 e. The quantitative estimate of drug-likeness (QED) is 0.708. The lowest BCUT2D eigenvalue weighted by Gasteiger charge is -2.06. The third-order valence-corrected chi connectivity index (χ3v) is 3.65. The lowest BCUT2D eigenvalue weighted by atomic mass is 10.1. The molecule has 0 aliphatic carbocycles. The van der Waals surface area contributed by atoms with Crippen LogP contribution in [0.25, 0.3) is 11.3 Å². The summed E-state index contributed by atoms with van der Waals surface area (Å²) < 4.78 is 19.2. The van der Waals surface area contributed by atoms with Gasteiger partial charge in [-0.05, 0) is 48.9 Å². The highest BCUT2D eigenvalue weighted by atomic mass is 35.5. The van der Waals surface area contributed by atoms with Crippen LogP contribution in [-0.4, -0.2) is 5.91 Å². The minimum atomic E-state index is -0.446. The van der Waals surface area contributed by atoms with Gasteiger partial charge in [0.15, 0.2) is 5.76 Å². The molecular weight excluding hydrogens is 317 g/mol. The number of carbonyl (C=O) groups excluding carboxylic acids is 1.